The van der Waals surface area contributed by atoms with E-state index in [4.69, 9.17) is 4.42 Å². The average Bonchev–Trinajstić information content (AvgIpc) is 3.04. The molecule has 22 heavy (non-hydrogen) atoms. The molecule has 3 aromatic rings. The SMILES string of the molecule is O=Cc1ccc(-c2ccc(Br)cc2C(O)c2ccccc2)o1. The van der Waals surface area contributed by atoms with Crippen LogP contribution in [0.5, 0.6) is 0 Å². The number of hydrogen-bond donors (Lipinski definition) is 1. The number of aldehydes is 1. The Hall–Kier alpha value is -2.17. The van der Waals surface area contributed by atoms with Crippen molar-refractivity contribution in [3.63, 3.8) is 0 Å². The fraction of sp³-hybridized carbons (Fsp3) is 0.0556. The van der Waals surface area contributed by atoms with Crippen LogP contribution in [-0.4, -0.2) is 11.4 Å². The first-order chi connectivity index (χ1) is 10.7. The van der Waals surface area contributed by atoms with Crippen molar-refractivity contribution in [1.82, 2.24) is 0 Å². The summed E-state index contributed by atoms with van der Waals surface area (Å²) in [6, 6.07) is 18.3. The fourth-order valence-electron chi connectivity index (χ4n) is 2.36. The van der Waals surface area contributed by atoms with Crippen LogP contribution < -0.4 is 0 Å². The normalized spacial score (nSPS) is 12.1. The Balaban J connectivity index is 2.10. The summed E-state index contributed by atoms with van der Waals surface area (Å²) in [6.07, 6.45) is -0.117. The highest BCUT2D eigenvalue weighted by molar-refractivity contribution is 9.10. The average molecular weight is 357 g/mol. The summed E-state index contributed by atoms with van der Waals surface area (Å²) in [5.41, 5.74) is 2.27. The van der Waals surface area contributed by atoms with Crippen LogP contribution >= 0.6 is 15.9 Å². The molecule has 0 amide bonds. The molecule has 0 spiro atoms. The monoisotopic (exact) mass is 356 g/mol. The van der Waals surface area contributed by atoms with Crippen LogP contribution in [0.1, 0.15) is 27.8 Å². The van der Waals surface area contributed by atoms with Crippen molar-refractivity contribution in [3.8, 4) is 11.3 Å². The molecule has 0 radical (unpaired) electrons. The summed E-state index contributed by atoms with van der Waals surface area (Å²) >= 11 is 3.43. The molecule has 1 aromatic heterocycles. The number of aliphatic hydroxyl groups is 1. The van der Waals surface area contributed by atoms with E-state index in [1.165, 1.54) is 0 Å². The number of furan rings is 1. The van der Waals surface area contributed by atoms with Gasteiger partial charge in [-0.3, -0.25) is 4.79 Å². The molecule has 1 atom stereocenters. The van der Waals surface area contributed by atoms with E-state index in [-0.39, 0.29) is 5.76 Å². The number of hydrogen-bond acceptors (Lipinski definition) is 3. The van der Waals surface area contributed by atoms with Gasteiger partial charge in [0.15, 0.2) is 12.0 Å². The van der Waals surface area contributed by atoms with Gasteiger partial charge in [0.2, 0.25) is 0 Å². The number of carbonyl (C=O) groups excluding carboxylic acids is 1. The Bertz CT molecular complexity index is 793. The van der Waals surface area contributed by atoms with Crippen molar-refractivity contribution in [1.29, 1.82) is 0 Å². The fourth-order valence-corrected chi connectivity index (χ4v) is 2.74. The summed E-state index contributed by atoms with van der Waals surface area (Å²) < 4.78 is 6.36. The Kier molecular flexibility index (Phi) is 4.22. The zero-order chi connectivity index (χ0) is 15.5. The van der Waals surface area contributed by atoms with Gasteiger partial charge in [0, 0.05) is 10.0 Å². The highest BCUT2D eigenvalue weighted by Gasteiger charge is 2.18. The molecule has 0 aliphatic carbocycles. The lowest BCUT2D eigenvalue weighted by atomic mass is 9.96. The third-order valence-electron chi connectivity index (χ3n) is 3.43. The Morgan fingerprint density at radius 1 is 1.05 bits per heavy atom. The molecule has 110 valence electrons. The number of carbonyl (C=O) groups is 1. The summed E-state index contributed by atoms with van der Waals surface area (Å²) in [5.74, 6) is 0.817. The second-order valence-corrected chi connectivity index (χ2v) is 5.78. The minimum absolute atomic E-state index is 0.262. The van der Waals surface area contributed by atoms with Gasteiger partial charge in [0.1, 0.15) is 11.9 Å². The standard InChI is InChI=1S/C18H13BrO3/c19-13-6-8-15(17-9-7-14(11-20)22-17)16(10-13)18(21)12-4-2-1-3-5-12/h1-11,18,21H. The molecule has 0 aliphatic rings. The molecule has 0 saturated heterocycles. The molecule has 0 aliphatic heterocycles. The van der Waals surface area contributed by atoms with Gasteiger partial charge in [-0.1, -0.05) is 46.3 Å². The number of benzene rings is 2. The second-order valence-electron chi connectivity index (χ2n) is 4.86. The predicted molar refractivity (Wildman–Crippen MR) is 87.7 cm³/mol. The zero-order valence-electron chi connectivity index (χ0n) is 11.6. The lowest BCUT2D eigenvalue weighted by Crippen LogP contribution is -2.01. The van der Waals surface area contributed by atoms with Crippen molar-refractivity contribution in [2.45, 2.75) is 6.10 Å². The molecule has 4 heteroatoms. The van der Waals surface area contributed by atoms with E-state index in [1.54, 1.807) is 12.1 Å². The van der Waals surface area contributed by atoms with Gasteiger partial charge in [-0.25, -0.2) is 0 Å². The van der Waals surface area contributed by atoms with Gasteiger partial charge >= 0.3 is 0 Å². The quantitative estimate of drug-likeness (QED) is 0.694. The molecule has 0 bridgehead atoms. The lowest BCUT2D eigenvalue weighted by Gasteiger charge is -2.15. The van der Waals surface area contributed by atoms with E-state index < -0.39 is 6.10 Å². The maximum Gasteiger partial charge on any atom is 0.185 e. The van der Waals surface area contributed by atoms with Crippen molar-refractivity contribution >= 4 is 22.2 Å². The summed E-state index contributed by atoms with van der Waals surface area (Å²) in [7, 11) is 0. The molecular formula is C18H13BrO3. The first-order valence-corrected chi connectivity index (χ1v) is 7.56. The molecule has 1 unspecified atom stereocenters. The van der Waals surface area contributed by atoms with Crippen LogP contribution in [0.15, 0.2) is 69.6 Å². The van der Waals surface area contributed by atoms with Crippen LogP contribution in [0, 0.1) is 0 Å². The molecular weight excluding hydrogens is 344 g/mol. The van der Waals surface area contributed by atoms with Crippen molar-refractivity contribution in [3.05, 3.63) is 82.0 Å². The van der Waals surface area contributed by atoms with Gasteiger partial charge < -0.3 is 9.52 Å². The maximum atomic E-state index is 10.8. The van der Waals surface area contributed by atoms with Crippen LogP contribution in [0.25, 0.3) is 11.3 Å². The highest BCUT2D eigenvalue weighted by Crippen LogP contribution is 2.34. The highest BCUT2D eigenvalue weighted by atomic mass is 79.9. The smallest absolute Gasteiger partial charge is 0.185 e. The van der Waals surface area contributed by atoms with E-state index in [9.17, 15) is 9.90 Å². The molecule has 0 fully saturated rings. The zero-order valence-corrected chi connectivity index (χ0v) is 13.2. The summed E-state index contributed by atoms with van der Waals surface area (Å²) in [6.45, 7) is 0. The summed E-state index contributed by atoms with van der Waals surface area (Å²) in [5, 5.41) is 10.7. The van der Waals surface area contributed by atoms with Crippen molar-refractivity contribution < 1.29 is 14.3 Å². The minimum Gasteiger partial charge on any atom is -0.453 e. The van der Waals surface area contributed by atoms with Crippen LogP contribution in [-0.2, 0) is 0 Å². The number of halogens is 1. The van der Waals surface area contributed by atoms with E-state index in [0.29, 0.717) is 17.6 Å². The van der Waals surface area contributed by atoms with E-state index in [2.05, 4.69) is 15.9 Å². The lowest BCUT2D eigenvalue weighted by molar-refractivity contribution is 0.110. The second kappa shape index (κ2) is 6.30. The van der Waals surface area contributed by atoms with Crippen LogP contribution in [0.4, 0.5) is 0 Å². The minimum atomic E-state index is -0.779. The maximum absolute atomic E-state index is 10.8. The first kappa shape index (κ1) is 14.8. The van der Waals surface area contributed by atoms with E-state index in [1.807, 2.05) is 48.5 Å². The topological polar surface area (TPSA) is 50.4 Å². The van der Waals surface area contributed by atoms with Crippen LogP contribution in [0.2, 0.25) is 0 Å². The summed E-state index contributed by atoms with van der Waals surface area (Å²) in [4.78, 5) is 10.8. The molecule has 1 heterocycles. The van der Waals surface area contributed by atoms with Crippen molar-refractivity contribution in [2.75, 3.05) is 0 Å². The molecule has 1 N–H and O–H groups in total. The van der Waals surface area contributed by atoms with Gasteiger partial charge in [-0.2, -0.15) is 0 Å². The Morgan fingerprint density at radius 3 is 2.50 bits per heavy atom. The van der Waals surface area contributed by atoms with Gasteiger partial charge in [0.05, 0.1) is 0 Å². The molecule has 3 nitrogen and oxygen atoms in total. The molecule has 2 aromatic carbocycles. The Labute approximate surface area is 136 Å². The molecule has 0 saturated carbocycles. The third kappa shape index (κ3) is 2.89. The number of aliphatic hydroxyl groups excluding tert-OH is 1. The van der Waals surface area contributed by atoms with Gasteiger partial charge in [0.25, 0.3) is 0 Å². The molecule has 3 rings (SSSR count). The van der Waals surface area contributed by atoms with Gasteiger partial charge in [-0.05, 0) is 41.5 Å². The Morgan fingerprint density at radius 2 is 1.82 bits per heavy atom. The van der Waals surface area contributed by atoms with Gasteiger partial charge in [-0.15, -0.1) is 0 Å². The van der Waals surface area contributed by atoms with Crippen LogP contribution in [0.3, 0.4) is 0 Å². The number of rotatable bonds is 4. The largest absolute Gasteiger partial charge is 0.453 e. The van der Waals surface area contributed by atoms with Crippen molar-refractivity contribution in [2.24, 2.45) is 0 Å². The predicted octanol–water partition coefficient (Wildman–Crippen LogP) is 4.60. The van der Waals surface area contributed by atoms with E-state index in [0.717, 1.165) is 15.6 Å². The van der Waals surface area contributed by atoms with E-state index >= 15 is 0 Å². The third-order valence-corrected chi connectivity index (χ3v) is 3.93. The first-order valence-electron chi connectivity index (χ1n) is 6.77.